The molecule has 2 heteroatoms. The van der Waals surface area contributed by atoms with Crippen LogP contribution in [0.5, 0.6) is 0 Å². The highest BCUT2D eigenvalue weighted by atomic mass is 16.3. The highest BCUT2D eigenvalue weighted by Crippen LogP contribution is 2.30. The predicted molar refractivity (Wildman–Crippen MR) is 38.1 cm³/mol. The maximum atomic E-state index is 8.76. The average Bonchev–Trinajstić information content (AvgIpc) is 2.43. The fourth-order valence-electron chi connectivity index (χ4n) is 1.66. The molecule has 1 aliphatic carbocycles. The van der Waals surface area contributed by atoms with E-state index in [-0.39, 0.29) is 12.5 Å². The molecule has 0 aliphatic heterocycles. The predicted octanol–water partition coefficient (Wildman–Crippen LogP) is 1.31. The number of nitrogens with zero attached hydrogens (tertiary/aromatic N) is 1. The fraction of sp³-hybridized carbons (Fsp3) is 0.875. The first kappa shape index (κ1) is 7.56. The molecule has 2 nitrogen and oxygen atoms in total. The van der Waals surface area contributed by atoms with Crippen LogP contribution in [-0.2, 0) is 0 Å². The van der Waals surface area contributed by atoms with Crippen molar-refractivity contribution in [2.24, 2.45) is 11.8 Å². The van der Waals surface area contributed by atoms with E-state index in [9.17, 15) is 0 Å². The average molecular weight is 139 g/mol. The summed E-state index contributed by atoms with van der Waals surface area (Å²) in [5.74, 6) is 0.387. The molecule has 1 N–H and O–H groups in total. The molecule has 0 aromatic heterocycles. The van der Waals surface area contributed by atoms with Crippen molar-refractivity contribution in [3.8, 4) is 6.07 Å². The molecule has 1 rings (SSSR count). The highest BCUT2D eigenvalue weighted by Gasteiger charge is 2.23. The summed E-state index contributed by atoms with van der Waals surface area (Å²) < 4.78 is 0. The maximum absolute atomic E-state index is 8.76. The molecule has 10 heavy (non-hydrogen) atoms. The van der Waals surface area contributed by atoms with Crippen LogP contribution in [0, 0.1) is 23.2 Å². The van der Waals surface area contributed by atoms with Gasteiger partial charge in [0, 0.05) is 0 Å². The van der Waals surface area contributed by atoms with Gasteiger partial charge in [0.2, 0.25) is 0 Å². The molecule has 1 fully saturated rings. The fourth-order valence-corrected chi connectivity index (χ4v) is 1.66. The molecule has 0 radical (unpaired) electrons. The van der Waals surface area contributed by atoms with Crippen LogP contribution in [-0.4, -0.2) is 11.7 Å². The van der Waals surface area contributed by atoms with Gasteiger partial charge in [0.1, 0.15) is 0 Å². The van der Waals surface area contributed by atoms with Gasteiger partial charge >= 0.3 is 0 Å². The van der Waals surface area contributed by atoms with Gasteiger partial charge in [-0.1, -0.05) is 12.8 Å². The van der Waals surface area contributed by atoms with E-state index in [4.69, 9.17) is 10.4 Å². The van der Waals surface area contributed by atoms with E-state index in [0.717, 1.165) is 12.8 Å². The van der Waals surface area contributed by atoms with Crippen LogP contribution in [0.25, 0.3) is 0 Å². The van der Waals surface area contributed by atoms with Crippen molar-refractivity contribution < 1.29 is 5.11 Å². The molecule has 0 amide bonds. The molecule has 1 atom stereocenters. The summed E-state index contributed by atoms with van der Waals surface area (Å²) in [6.07, 6.45) is 4.75. The lowest BCUT2D eigenvalue weighted by Gasteiger charge is -2.11. The Labute approximate surface area is 61.5 Å². The van der Waals surface area contributed by atoms with Crippen molar-refractivity contribution in [1.29, 1.82) is 5.26 Å². The Hall–Kier alpha value is -0.550. The van der Waals surface area contributed by atoms with Gasteiger partial charge in [-0.05, 0) is 18.8 Å². The lowest BCUT2D eigenvalue weighted by Crippen LogP contribution is -2.13. The zero-order valence-electron chi connectivity index (χ0n) is 6.08. The van der Waals surface area contributed by atoms with E-state index >= 15 is 0 Å². The zero-order chi connectivity index (χ0) is 7.40. The van der Waals surface area contributed by atoms with Gasteiger partial charge in [-0.15, -0.1) is 0 Å². The minimum atomic E-state index is -0.0949. The number of hydrogen-bond donors (Lipinski definition) is 1. The lowest BCUT2D eigenvalue weighted by molar-refractivity contribution is 0.214. The molecule has 56 valence electrons. The quantitative estimate of drug-likeness (QED) is 0.626. The molecule has 1 unspecified atom stereocenters. The smallest absolute Gasteiger partial charge is 0.0722 e. The van der Waals surface area contributed by atoms with Crippen molar-refractivity contribution in [1.82, 2.24) is 0 Å². The largest absolute Gasteiger partial charge is 0.395 e. The van der Waals surface area contributed by atoms with E-state index in [2.05, 4.69) is 6.07 Å². The summed E-state index contributed by atoms with van der Waals surface area (Å²) in [6.45, 7) is 0.0428. The van der Waals surface area contributed by atoms with Gasteiger partial charge in [-0.2, -0.15) is 5.26 Å². The third-order valence-electron chi connectivity index (χ3n) is 2.33. The monoisotopic (exact) mass is 139 g/mol. The molecule has 1 saturated carbocycles. The third-order valence-corrected chi connectivity index (χ3v) is 2.33. The molecule has 0 heterocycles. The SMILES string of the molecule is N#CC(CO)C1CCCC1. The molecular weight excluding hydrogens is 126 g/mol. The van der Waals surface area contributed by atoms with Gasteiger partial charge in [-0.25, -0.2) is 0 Å². The standard InChI is InChI=1S/C8H13NO/c9-5-8(6-10)7-3-1-2-4-7/h7-8,10H,1-4,6H2. The normalized spacial score (nSPS) is 22.4. The van der Waals surface area contributed by atoms with Gasteiger partial charge in [0.25, 0.3) is 0 Å². The van der Waals surface area contributed by atoms with Crippen LogP contribution in [0.4, 0.5) is 0 Å². The topological polar surface area (TPSA) is 44.0 Å². The summed E-state index contributed by atoms with van der Waals surface area (Å²) in [5, 5.41) is 17.3. The van der Waals surface area contributed by atoms with Crippen molar-refractivity contribution >= 4 is 0 Å². The number of rotatable bonds is 2. The van der Waals surface area contributed by atoms with Crippen LogP contribution >= 0.6 is 0 Å². The van der Waals surface area contributed by atoms with E-state index in [1.807, 2.05) is 0 Å². The molecule has 0 saturated heterocycles. The Morgan fingerprint density at radius 3 is 2.50 bits per heavy atom. The highest BCUT2D eigenvalue weighted by molar-refractivity contribution is 4.89. The second kappa shape index (κ2) is 3.58. The molecule has 1 aliphatic rings. The van der Waals surface area contributed by atoms with E-state index in [1.54, 1.807) is 0 Å². The summed E-state index contributed by atoms with van der Waals surface area (Å²) >= 11 is 0. The maximum Gasteiger partial charge on any atom is 0.0722 e. The summed E-state index contributed by atoms with van der Waals surface area (Å²) in [7, 11) is 0. The Morgan fingerprint density at radius 2 is 2.10 bits per heavy atom. The molecular formula is C8H13NO. The van der Waals surface area contributed by atoms with Gasteiger partial charge in [-0.3, -0.25) is 0 Å². The van der Waals surface area contributed by atoms with Crippen molar-refractivity contribution in [3.63, 3.8) is 0 Å². The first-order chi connectivity index (χ1) is 4.88. The number of nitriles is 1. The van der Waals surface area contributed by atoms with E-state index in [1.165, 1.54) is 12.8 Å². The summed E-state index contributed by atoms with van der Waals surface area (Å²) in [6, 6.07) is 2.14. The minimum Gasteiger partial charge on any atom is -0.395 e. The van der Waals surface area contributed by atoms with Crippen molar-refractivity contribution in [2.45, 2.75) is 25.7 Å². The van der Waals surface area contributed by atoms with Crippen LogP contribution in [0.15, 0.2) is 0 Å². The summed E-state index contributed by atoms with van der Waals surface area (Å²) in [5.41, 5.74) is 0. The van der Waals surface area contributed by atoms with E-state index in [0.29, 0.717) is 5.92 Å². The third kappa shape index (κ3) is 1.48. The molecule has 0 spiro atoms. The first-order valence-electron chi connectivity index (χ1n) is 3.89. The number of hydrogen-bond acceptors (Lipinski definition) is 2. The van der Waals surface area contributed by atoms with Crippen molar-refractivity contribution in [3.05, 3.63) is 0 Å². The van der Waals surface area contributed by atoms with Gasteiger partial charge in [0.15, 0.2) is 0 Å². The Morgan fingerprint density at radius 1 is 1.50 bits per heavy atom. The van der Waals surface area contributed by atoms with Gasteiger partial charge in [0.05, 0.1) is 18.6 Å². The van der Waals surface area contributed by atoms with Crippen LogP contribution in [0.3, 0.4) is 0 Å². The van der Waals surface area contributed by atoms with Crippen LogP contribution in [0.2, 0.25) is 0 Å². The second-order valence-electron chi connectivity index (χ2n) is 2.96. The molecule has 0 aromatic carbocycles. The second-order valence-corrected chi connectivity index (χ2v) is 2.96. The Bertz CT molecular complexity index is 133. The molecule has 0 aromatic rings. The summed E-state index contributed by atoms with van der Waals surface area (Å²) in [4.78, 5) is 0. The number of aliphatic hydroxyl groups excluding tert-OH is 1. The van der Waals surface area contributed by atoms with Crippen molar-refractivity contribution in [2.75, 3.05) is 6.61 Å². The Kier molecular flexibility index (Phi) is 2.70. The van der Waals surface area contributed by atoms with Crippen LogP contribution in [0.1, 0.15) is 25.7 Å². The number of aliphatic hydroxyl groups is 1. The first-order valence-corrected chi connectivity index (χ1v) is 3.89. The Balaban J connectivity index is 2.38. The van der Waals surface area contributed by atoms with Crippen LogP contribution < -0.4 is 0 Å². The van der Waals surface area contributed by atoms with E-state index < -0.39 is 0 Å². The lowest BCUT2D eigenvalue weighted by atomic mass is 9.93. The van der Waals surface area contributed by atoms with Gasteiger partial charge < -0.3 is 5.11 Å². The zero-order valence-corrected chi connectivity index (χ0v) is 6.08. The molecule has 0 bridgehead atoms. The minimum absolute atomic E-state index is 0.0428.